The lowest BCUT2D eigenvalue weighted by molar-refractivity contribution is -0.167. The topological polar surface area (TPSA) is 63.3 Å². The number of hydrogen-bond acceptors (Lipinski definition) is 2. The van der Waals surface area contributed by atoms with Crippen LogP contribution in [0.2, 0.25) is 0 Å². The predicted octanol–water partition coefficient (Wildman–Crippen LogP) is 2.06. The Morgan fingerprint density at radius 2 is 1.83 bits per heavy atom. The van der Waals surface area contributed by atoms with Crippen molar-refractivity contribution in [2.24, 2.45) is 5.73 Å². The smallest absolute Gasteiger partial charge is 0.390 e. The summed E-state index contributed by atoms with van der Waals surface area (Å²) in [4.78, 5) is 11.1. The Morgan fingerprint density at radius 3 is 2.22 bits per heavy atom. The monoisotopic (exact) mass is 265 g/mol. The molecular formula is C11H11F4NO2. The summed E-state index contributed by atoms with van der Waals surface area (Å²) in [7, 11) is 0. The van der Waals surface area contributed by atoms with Gasteiger partial charge in [0.2, 0.25) is 0 Å². The second-order valence-electron chi connectivity index (χ2n) is 3.86. The van der Waals surface area contributed by atoms with Crippen LogP contribution >= 0.6 is 0 Å². The highest BCUT2D eigenvalue weighted by Gasteiger charge is 2.49. The molecule has 7 heteroatoms. The highest BCUT2D eigenvalue weighted by molar-refractivity contribution is 5.82. The van der Waals surface area contributed by atoms with Gasteiger partial charge in [0.05, 0.1) is 6.42 Å². The fourth-order valence-corrected chi connectivity index (χ4v) is 1.75. The number of aliphatic carboxylic acids is 1. The summed E-state index contributed by atoms with van der Waals surface area (Å²) in [5, 5.41) is 9.02. The van der Waals surface area contributed by atoms with Crippen LogP contribution in [0, 0.1) is 5.82 Å². The predicted molar refractivity (Wildman–Crippen MR) is 55.4 cm³/mol. The minimum Gasteiger partial charge on any atom is -0.481 e. The second kappa shape index (κ2) is 4.93. The normalized spacial score (nSPS) is 15.2. The number of alkyl halides is 3. The molecule has 0 radical (unpaired) electrons. The molecule has 1 aromatic rings. The largest absolute Gasteiger partial charge is 0.481 e. The lowest BCUT2D eigenvalue weighted by atomic mass is 9.77. The molecule has 0 heterocycles. The molecule has 1 atom stereocenters. The quantitative estimate of drug-likeness (QED) is 0.819. The summed E-state index contributed by atoms with van der Waals surface area (Å²) in [6.45, 7) is -0.844. The summed E-state index contributed by atoms with van der Waals surface area (Å²) in [6.07, 6.45) is -6.48. The van der Waals surface area contributed by atoms with Crippen LogP contribution in [0.4, 0.5) is 17.6 Å². The van der Waals surface area contributed by atoms with Crippen LogP contribution in [0.25, 0.3) is 0 Å². The molecule has 0 aliphatic carbocycles. The molecule has 0 bridgehead atoms. The van der Waals surface area contributed by atoms with Crippen LogP contribution in [0.5, 0.6) is 0 Å². The van der Waals surface area contributed by atoms with Crippen LogP contribution in [0.15, 0.2) is 24.3 Å². The number of halogens is 4. The number of hydrogen-bond donors (Lipinski definition) is 2. The van der Waals surface area contributed by atoms with Crippen LogP contribution < -0.4 is 5.73 Å². The van der Waals surface area contributed by atoms with E-state index in [1.807, 2.05) is 0 Å². The van der Waals surface area contributed by atoms with Gasteiger partial charge in [0.1, 0.15) is 11.2 Å². The van der Waals surface area contributed by atoms with Gasteiger partial charge in [-0.1, -0.05) is 18.2 Å². The Balaban J connectivity index is 3.37. The highest BCUT2D eigenvalue weighted by atomic mass is 19.4. The lowest BCUT2D eigenvalue weighted by Gasteiger charge is -2.29. The van der Waals surface area contributed by atoms with E-state index in [2.05, 4.69) is 0 Å². The van der Waals surface area contributed by atoms with Crippen molar-refractivity contribution in [2.45, 2.75) is 18.0 Å². The average molecular weight is 265 g/mol. The Hall–Kier alpha value is -1.63. The van der Waals surface area contributed by atoms with Crippen LogP contribution in [0.1, 0.15) is 12.0 Å². The minimum absolute atomic E-state index is 0.558. The average Bonchev–Trinajstić information content (AvgIpc) is 2.25. The van der Waals surface area contributed by atoms with Gasteiger partial charge in [0, 0.05) is 12.1 Å². The third-order valence-corrected chi connectivity index (χ3v) is 2.65. The third-order valence-electron chi connectivity index (χ3n) is 2.65. The lowest BCUT2D eigenvalue weighted by Crippen LogP contribution is -2.46. The van der Waals surface area contributed by atoms with E-state index in [0.29, 0.717) is 0 Å². The molecule has 0 aliphatic heterocycles. The van der Waals surface area contributed by atoms with Crippen molar-refractivity contribution in [1.82, 2.24) is 0 Å². The number of nitrogens with two attached hydrogens (primary N) is 1. The van der Waals surface area contributed by atoms with Crippen molar-refractivity contribution in [2.75, 3.05) is 6.54 Å². The SMILES string of the molecule is NCC(CC(F)(F)F)(C(=O)O)c1ccccc1F. The summed E-state index contributed by atoms with van der Waals surface area (Å²) < 4.78 is 50.9. The number of carbonyl (C=O) groups is 1. The molecule has 1 rings (SSSR count). The van der Waals surface area contributed by atoms with E-state index in [0.717, 1.165) is 12.1 Å². The maximum atomic E-state index is 13.5. The first-order valence-corrected chi connectivity index (χ1v) is 4.98. The minimum atomic E-state index is -4.76. The zero-order valence-electron chi connectivity index (χ0n) is 9.17. The van der Waals surface area contributed by atoms with Crippen molar-refractivity contribution in [3.05, 3.63) is 35.6 Å². The molecule has 3 N–H and O–H groups in total. The molecule has 3 nitrogen and oxygen atoms in total. The van der Waals surface area contributed by atoms with Gasteiger partial charge in [-0.2, -0.15) is 13.2 Å². The zero-order chi connectivity index (χ0) is 14.0. The van der Waals surface area contributed by atoms with E-state index < -0.39 is 41.9 Å². The van der Waals surface area contributed by atoms with Crippen LogP contribution in [0.3, 0.4) is 0 Å². The van der Waals surface area contributed by atoms with Crippen molar-refractivity contribution < 1.29 is 27.5 Å². The van der Waals surface area contributed by atoms with E-state index in [4.69, 9.17) is 10.8 Å². The van der Waals surface area contributed by atoms with Gasteiger partial charge < -0.3 is 10.8 Å². The molecule has 18 heavy (non-hydrogen) atoms. The summed E-state index contributed by atoms with van der Waals surface area (Å²) in [5.41, 5.74) is 2.11. The van der Waals surface area contributed by atoms with Gasteiger partial charge in [0.25, 0.3) is 0 Å². The van der Waals surface area contributed by atoms with Crippen LogP contribution in [-0.2, 0) is 10.2 Å². The molecule has 0 fully saturated rings. The molecular weight excluding hydrogens is 254 g/mol. The van der Waals surface area contributed by atoms with Gasteiger partial charge in [-0.3, -0.25) is 4.79 Å². The molecule has 1 aromatic carbocycles. The molecule has 0 amide bonds. The Morgan fingerprint density at radius 1 is 1.28 bits per heavy atom. The van der Waals surface area contributed by atoms with Gasteiger partial charge in [0.15, 0.2) is 0 Å². The van der Waals surface area contributed by atoms with Gasteiger partial charge >= 0.3 is 12.1 Å². The van der Waals surface area contributed by atoms with Crippen LogP contribution in [-0.4, -0.2) is 23.8 Å². The molecule has 100 valence electrons. The molecule has 0 aliphatic rings. The molecule has 1 unspecified atom stereocenters. The molecule has 0 saturated carbocycles. The van der Waals surface area contributed by atoms with Crippen molar-refractivity contribution in [3.63, 3.8) is 0 Å². The van der Waals surface area contributed by atoms with Crippen molar-refractivity contribution in [1.29, 1.82) is 0 Å². The maximum absolute atomic E-state index is 13.5. The summed E-state index contributed by atoms with van der Waals surface area (Å²) >= 11 is 0. The van der Waals surface area contributed by atoms with E-state index >= 15 is 0 Å². The third kappa shape index (κ3) is 2.79. The van der Waals surface area contributed by atoms with E-state index in [1.165, 1.54) is 12.1 Å². The first-order valence-electron chi connectivity index (χ1n) is 4.98. The highest BCUT2D eigenvalue weighted by Crippen LogP contribution is 2.37. The number of benzene rings is 1. The van der Waals surface area contributed by atoms with Crippen molar-refractivity contribution in [3.8, 4) is 0 Å². The Bertz CT molecular complexity index is 447. The maximum Gasteiger partial charge on any atom is 0.390 e. The summed E-state index contributed by atoms with van der Waals surface area (Å²) in [6, 6.07) is 4.43. The van der Waals surface area contributed by atoms with E-state index in [9.17, 15) is 22.4 Å². The van der Waals surface area contributed by atoms with Crippen molar-refractivity contribution >= 4 is 5.97 Å². The molecule has 0 spiro atoms. The molecule has 0 saturated heterocycles. The first-order chi connectivity index (χ1) is 8.23. The van der Waals surface area contributed by atoms with E-state index in [-0.39, 0.29) is 0 Å². The first kappa shape index (κ1) is 14.4. The van der Waals surface area contributed by atoms with E-state index in [1.54, 1.807) is 0 Å². The fourth-order valence-electron chi connectivity index (χ4n) is 1.75. The number of carboxylic acids is 1. The Labute approximate surface area is 100 Å². The Kier molecular flexibility index (Phi) is 3.95. The second-order valence-corrected chi connectivity index (χ2v) is 3.86. The number of rotatable bonds is 4. The van der Waals surface area contributed by atoms with Gasteiger partial charge in [-0.15, -0.1) is 0 Å². The summed E-state index contributed by atoms with van der Waals surface area (Å²) in [5.74, 6) is -2.82. The molecule has 0 aromatic heterocycles. The standard InChI is InChI=1S/C11H11F4NO2/c12-8-4-2-1-3-7(8)10(6-16,9(17)18)5-11(13,14)15/h1-4H,5-6,16H2,(H,17,18). The number of carboxylic acid groups (broad SMARTS) is 1. The van der Waals surface area contributed by atoms with Gasteiger partial charge in [-0.05, 0) is 6.07 Å². The van der Waals surface area contributed by atoms with Gasteiger partial charge in [-0.25, -0.2) is 4.39 Å². The zero-order valence-corrected chi connectivity index (χ0v) is 9.17. The fraction of sp³-hybridized carbons (Fsp3) is 0.364.